The van der Waals surface area contributed by atoms with Crippen molar-refractivity contribution in [2.45, 2.75) is 39.2 Å². The Balaban J connectivity index is 1.27. The number of carbonyl (C=O) groups is 1. The van der Waals surface area contributed by atoms with Crippen LogP contribution in [0.15, 0.2) is 23.7 Å². The Kier molecular flexibility index (Phi) is 6.49. The first-order valence-corrected chi connectivity index (χ1v) is 11.5. The summed E-state index contributed by atoms with van der Waals surface area (Å²) in [4.78, 5) is 28.2. The first-order valence-electron chi connectivity index (χ1n) is 10.6. The lowest BCUT2D eigenvalue weighted by molar-refractivity contribution is 0.194. The first-order chi connectivity index (χ1) is 14.2. The van der Waals surface area contributed by atoms with Gasteiger partial charge in [0.1, 0.15) is 5.82 Å². The van der Waals surface area contributed by atoms with Crippen molar-refractivity contribution in [3.8, 4) is 0 Å². The molecule has 2 amide bonds. The van der Waals surface area contributed by atoms with E-state index in [-0.39, 0.29) is 6.03 Å². The summed E-state index contributed by atoms with van der Waals surface area (Å²) in [6.07, 6.45) is 6.93. The monoisotopic (exact) mass is 414 g/mol. The highest BCUT2D eigenvalue weighted by Crippen LogP contribution is 2.21. The molecule has 0 spiro atoms. The molecule has 2 saturated heterocycles. The molecule has 0 atom stereocenters. The van der Waals surface area contributed by atoms with Crippen LogP contribution in [0.5, 0.6) is 0 Å². The standard InChI is InChI=1S/C21H30N6OS/c1-17-16-29-21(24-17)27-12-10-26(11-13-27)20(28)23-15-18-6-7-22-19(14-18)25-8-4-2-3-5-9-25/h6-7,14,16H,2-5,8-13,15H2,1H3,(H,23,28). The summed E-state index contributed by atoms with van der Waals surface area (Å²) in [5.74, 6) is 1.03. The number of piperazine rings is 1. The zero-order chi connectivity index (χ0) is 20.1. The van der Waals surface area contributed by atoms with E-state index in [1.165, 1.54) is 25.7 Å². The first kappa shape index (κ1) is 19.9. The average Bonchev–Trinajstić information content (AvgIpc) is 3.01. The van der Waals surface area contributed by atoms with E-state index in [4.69, 9.17) is 0 Å². The van der Waals surface area contributed by atoms with Gasteiger partial charge in [0.05, 0.1) is 5.69 Å². The van der Waals surface area contributed by atoms with Gasteiger partial charge < -0.3 is 20.0 Å². The van der Waals surface area contributed by atoms with Crippen molar-refractivity contribution in [1.29, 1.82) is 0 Å². The second-order valence-electron chi connectivity index (χ2n) is 7.83. The maximum Gasteiger partial charge on any atom is 0.317 e. The van der Waals surface area contributed by atoms with Crippen LogP contribution in [0.1, 0.15) is 36.9 Å². The number of anilines is 2. The fraction of sp³-hybridized carbons (Fsp3) is 0.571. The SMILES string of the molecule is Cc1csc(N2CCN(C(=O)NCc3ccnc(N4CCCCCC4)c3)CC2)n1. The van der Waals surface area contributed by atoms with Gasteiger partial charge in [0.15, 0.2) is 5.13 Å². The van der Waals surface area contributed by atoms with Crippen molar-refractivity contribution in [2.24, 2.45) is 0 Å². The normalized spacial score (nSPS) is 17.9. The van der Waals surface area contributed by atoms with Gasteiger partial charge in [-0.1, -0.05) is 12.8 Å². The average molecular weight is 415 g/mol. The Morgan fingerprint density at radius 2 is 1.83 bits per heavy atom. The fourth-order valence-electron chi connectivity index (χ4n) is 3.92. The van der Waals surface area contributed by atoms with E-state index in [0.29, 0.717) is 6.54 Å². The number of hydrogen-bond acceptors (Lipinski definition) is 6. The molecule has 0 saturated carbocycles. The van der Waals surface area contributed by atoms with Gasteiger partial charge in [0.25, 0.3) is 0 Å². The molecular formula is C21H30N6OS. The minimum absolute atomic E-state index is 0.00750. The van der Waals surface area contributed by atoms with Gasteiger partial charge in [-0.15, -0.1) is 11.3 Å². The number of urea groups is 1. The van der Waals surface area contributed by atoms with Crippen LogP contribution in [-0.4, -0.2) is 60.2 Å². The number of carbonyl (C=O) groups excluding carboxylic acids is 1. The van der Waals surface area contributed by atoms with E-state index in [0.717, 1.165) is 61.5 Å². The summed E-state index contributed by atoms with van der Waals surface area (Å²) in [6.45, 7) is 7.80. The van der Waals surface area contributed by atoms with Gasteiger partial charge in [0, 0.05) is 57.4 Å². The van der Waals surface area contributed by atoms with Gasteiger partial charge in [-0.25, -0.2) is 14.8 Å². The molecule has 2 fully saturated rings. The van der Waals surface area contributed by atoms with Crippen LogP contribution in [-0.2, 0) is 6.54 Å². The summed E-state index contributed by atoms with van der Waals surface area (Å²) >= 11 is 1.67. The fourth-order valence-corrected chi connectivity index (χ4v) is 4.78. The largest absolute Gasteiger partial charge is 0.357 e. The zero-order valence-electron chi connectivity index (χ0n) is 17.1. The van der Waals surface area contributed by atoms with E-state index in [2.05, 4.69) is 36.5 Å². The van der Waals surface area contributed by atoms with Crippen LogP contribution in [0, 0.1) is 6.92 Å². The van der Waals surface area contributed by atoms with Crippen molar-refractivity contribution >= 4 is 28.3 Å². The van der Waals surface area contributed by atoms with Crippen molar-refractivity contribution in [3.05, 3.63) is 35.0 Å². The van der Waals surface area contributed by atoms with E-state index >= 15 is 0 Å². The second-order valence-corrected chi connectivity index (χ2v) is 8.66. The van der Waals surface area contributed by atoms with Crippen molar-refractivity contribution in [1.82, 2.24) is 20.2 Å². The lowest BCUT2D eigenvalue weighted by atomic mass is 10.2. The molecule has 0 aliphatic carbocycles. The third-order valence-electron chi connectivity index (χ3n) is 5.63. The van der Waals surface area contributed by atoms with E-state index in [1.807, 2.05) is 24.1 Å². The molecule has 1 N–H and O–H groups in total. The molecule has 29 heavy (non-hydrogen) atoms. The summed E-state index contributed by atoms with van der Waals surface area (Å²) in [5, 5.41) is 6.21. The molecule has 4 heterocycles. The minimum atomic E-state index is 0.00750. The number of pyridine rings is 1. The molecule has 8 heteroatoms. The van der Waals surface area contributed by atoms with Crippen LogP contribution in [0.25, 0.3) is 0 Å². The highest BCUT2D eigenvalue weighted by atomic mass is 32.1. The maximum absolute atomic E-state index is 12.6. The third kappa shape index (κ3) is 5.18. The smallest absolute Gasteiger partial charge is 0.317 e. The molecule has 0 aromatic carbocycles. The summed E-state index contributed by atoms with van der Waals surface area (Å²) in [6, 6.07) is 4.12. The van der Waals surface area contributed by atoms with Crippen molar-refractivity contribution in [2.75, 3.05) is 49.1 Å². The van der Waals surface area contributed by atoms with Gasteiger partial charge in [-0.3, -0.25) is 0 Å². The van der Waals surface area contributed by atoms with Gasteiger partial charge in [-0.05, 0) is 37.5 Å². The number of aromatic nitrogens is 2. The van der Waals surface area contributed by atoms with Crippen LogP contribution in [0.4, 0.5) is 15.7 Å². The van der Waals surface area contributed by atoms with E-state index in [9.17, 15) is 4.79 Å². The molecule has 7 nitrogen and oxygen atoms in total. The molecule has 0 bridgehead atoms. The minimum Gasteiger partial charge on any atom is -0.357 e. The molecule has 4 rings (SSSR count). The Hall–Kier alpha value is -2.35. The Morgan fingerprint density at radius 1 is 1.07 bits per heavy atom. The van der Waals surface area contributed by atoms with Gasteiger partial charge in [-0.2, -0.15) is 0 Å². The Labute approximate surface area is 176 Å². The summed E-state index contributed by atoms with van der Waals surface area (Å²) in [7, 11) is 0. The summed E-state index contributed by atoms with van der Waals surface area (Å²) < 4.78 is 0. The number of nitrogens with zero attached hydrogens (tertiary/aromatic N) is 5. The molecule has 2 aromatic rings. The number of aryl methyl sites for hydroxylation is 1. The van der Waals surface area contributed by atoms with E-state index < -0.39 is 0 Å². The van der Waals surface area contributed by atoms with E-state index in [1.54, 1.807) is 11.3 Å². The van der Waals surface area contributed by atoms with Gasteiger partial charge in [0.2, 0.25) is 0 Å². The summed E-state index contributed by atoms with van der Waals surface area (Å²) in [5.41, 5.74) is 2.16. The predicted molar refractivity (Wildman–Crippen MR) is 118 cm³/mol. The molecule has 2 aliphatic heterocycles. The topological polar surface area (TPSA) is 64.6 Å². The number of thiazole rings is 1. The molecule has 2 aromatic heterocycles. The van der Waals surface area contributed by atoms with Crippen LogP contribution in [0.2, 0.25) is 0 Å². The quantitative estimate of drug-likeness (QED) is 0.832. The predicted octanol–water partition coefficient (Wildman–Crippen LogP) is 3.26. The molecule has 0 unspecified atom stereocenters. The van der Waals surface area contributed by atoms with Crippen LogP contribution in [0.3, 0.4) is 0 Å². The highest BCUT2D eigenvalue weighted by molar-refractivity contribution is 7.13. The Morgan fingerprint density at radius 3 is 2.52 bits per heavy atom. The second kappa shape index (κ2) is 9.43. The van der Waals surface area contributed by atoms with Crippen LogP contribution < -0.4 is 15.1 Å². The van der Waals surface area contributed by atoms with Crippen LogP contribution >= 0.6 is 11.3 Å². The maximum atomic E-state index is 12.6. The number of hydrogen-bond donors (Lipinski definition) is 1. The molecular weight excluding hydrogens is 384 g/mol. The lowest BCUT2D eigenvalue weighted by Gasteiger charge is -2.34. The molecule has 156 valence electrons. The third-order valence-corrected chi connectivity index (χ3v) is 6.65. The van der Waals surface area contributed by atoms with Gasteiger partial charge >= 0.3 is 6.03 Å². The number of nitrogens with one attached hydrogen (secondary N) is 1. The zero-order valence-corrected chi connectivity index (χ0v) is 18.0. The molecule has 0 radical (unpaired) electrons. The number of amides is 2. The Bertz CT molecular complexity index is 809. The highest BCUT2D eigenvalue weighted by Gasteiger charge is 2.22. The van der Waals surface area contributed by atoms with Crippen molar-refractivity contribution < 1.29 is 4.79 Å². The lowest BCUT2D eigenvalue weighted by Crippen LogP contribution is -2.51. The van der Waals surface area contributed by atoms with Crippen molar-refractivity contribution in [3.63, 3.8) is 0 Å². The number of rotatable bonds is 4. The molecule has 2 aliphatic rings.